The highest BCUT2D eigenvalue weighted by Gasteiger charge is 2.24. The third-order valence-electron chi connectivity index (χ3n) is 4.41. The first-order chi connectivity index (χ1) is 13.6. The van der Waals surface area contributed by atoms with Crippen LogP contribution in [0.15, 0.2) is 46.5 Å². The summed E-state index contributed by atoms with van der Waals surface area (Å²) in [5.74, 6) is 1.59. The quantitative estimate of drug-likeness (QED) is 0.392. The SMILES string of the molecule is COc1ccc(CCNc2cc(C3CC=C(/C(C)=N\O)S3)nc(OC)n2)cc1. The number of nitrogens with one attached hydrogen (secondary N) is 1. The average molecular weight is 401 g/mol. The molecular weight excluding hydrogens is 376 g/mol. The smallest absolute Gasteiger partial charge is 0.318 e. The summed E-state index contributed by atoms with van der Waals surface area (Å²) in [5, 5.41) is 15.7. The summed E-state index contributed by atoms with van der Waals surface area (Å²) in [7, 11) is 3.23. The van der Waals surface area contributed by atoms with Gasteiger partial charge in [-0.05, 0) is 37.5 Å². The van der Waals surface area contributed by atoms with Gasteiger partial charge in [-0.3, -0.25) is 0 Å². The molecule has 2 heterocycles. The van der Waals surface area contributed by atoms with Gasteiger partial charge in [0.25, 0.3) is 0 Å². The van der Waals surface area contributed by atoms with Gasteiger partial charge in [0.05, 0.1) is 30.9 Å². The van der Waals surface area contributed by atoms with Gasteiger partial charge in [-0.25, -0.2) is 0 Å². The van der Waals surface area contributed by atoms with Crippen molar-refractivity contribution in [2.75, 3.05) is 26.1 Å². The van der Waals surface area contributed by atoms with Gasteiger partial charge in [0.2, 0.25) is 0 Å². The number of benzene rings is 1. The Hall–Kier alpha value is -2.74. The molecule has 0 spiro atoms. The number of oxime groups is 1. The van der Waals surface area contributed by atoms with Crippen LogP contribution in [0.25, 0.3) is 0 Å². The zero-order chi connectivity index (χ0) is 19.9. The van der Waals surface area contributed by atoms with Crippen molar-refractivity contribution in [2.45, 2.75) is 25.0 Å². The molecule has 0 radical (unpaired) electrons. The predicted molar refractivity (Wildman–Crippen MR) is 112 cm³/mol. The van der Waals surface area contributed by atoms with Crippen molar-refractivity contribution in [1.82, 2.24) is 9.97 Å². The van der Waals surface area contributed by atoms with E-state index in [0.29, 0.717) is 11.7 Å². The molecule has 1 aliphatic rings. The molecule has 2 aromatic rings. The lowest BCUT2D eigenvalue weighted by molar-refractivity contribution is 0.319. The van der Waals surface area contributed by atoms with E-state index in [0.717, 1.165) is 41.6 Å². The number of hydrogen-bond donors (Lipinski definition) is 2. The van der Waals surface area contributed by atoms with E-state index in [1.165, 1.54) is 5.56 Å². The van der Waals surface area contributed by atoms with Crippen LogP contribution >= 0.6 is 11.8 Å². The van der Waals surface area contributed by atoms with Crippen LogP contribution in [0.5, 0.6) is 11.8 Å². The van der Waals surface area contributed by atoms with Crippen molar-refractivity contribution in [1.29, 1.82) is 0 Å². The molecule has 28 heavy (non-hydrogen) atoms. The second kappa shape index (κ2) is 9.45. The van der Waals surface area contributed by atoms with Crippen molar-refractivity contribution in [3.63, 3.8) is 0 Å². The van der Waals surface area contributed by atoms with E-state index in [4.69, 9.17) is 14.7 Å². The maximum absolute atomic E-state index is 8.97. The first-order valence-corrected chi connectivity index (χ1v) is 9.86. The Kier molecular flexibility index (Phi) is 6.76. The van der Waals surface area contributed by atoms with Gasteiger partial charge in [0, 0.05) is 17.5 Å². The molecule has 1 atom stereocenters. The highest BCUT2D eigenvalue weighted by molar-refractivity contribution is 8.04. The maximum Gasteiger partial charge on any atom is 0.318 e. The fourth-order valence-corrected chi connectivity index (χ4v) is 3.99. The zero-order valence-corrected chi connectivity index (χ0v) is 17.0. The monoisotopic (exact) mass is 400 g/mol. The van der Waals surface area contributed by atoms with Crippen LogP contribution in [-0.4, -0.2) is 41.7 Å². The average Bonchev–Trinajstić information content (AvgIpc) is 3.24. The van der Waals surface area contributed by atoms with Gasteiger partial charge in [-0.15, -0.1) is 11.8 Å². The molecule has 3 rings (SSSR count). The van der Waals surface area contributed by atoms with Crippen LogP contribution in [0.1, 0.15) is 29.9 Å². The Balaban J connectivity index is 1.64. The topological polar surface area (TPSA) is 88.9 Å². The van der Waals surface area contributed by atoms with Crippen molar-refractivity contribution in [3.8, 4) is 11.8 Å². The lowest BCUT2D eigenvalue weighted by Gasteiger charge is -2.13. The molecular formula is C20H24N4O3S. The highest BCUT2D eigenvalue weighted by atomic mass is 32.2. The minimum atomic E-state index is 0.144. The number of anilines is 1. The summed E-state index contributed by atoms with van der Waals surface area (Å²) in [5.41, 5.74) is 2.72. The minimum absolute atomic E-state index is 0.144. The van der Waals surface area contributed by atoms with E-state index >= 15 is 0 Å². The lowest BCUT2D eigenvalue weighted by Crippen LogP contribution is -2.09. The van der Waals surface area contributed by atoms with Crippen molar-refractivity contribution in [3.05, 3.63) is 52.6 Å². The van der Waals surface area contributed by atoms with Crippen molar-refractivity contribution >= 4 is 23.3 Å². The van der Waals surface area contributed by atoms with Gasteiger partial charge in [0.1, 0.15) is 11.6 Å². The molecule has 1 unspecified atom stereocenters. The third-order valence-corrected chi connectivity index (χ3v) is 5.84. The number of rotatable bonds is 8. The van der Waals surface area contributed by atoms with Gasteiger partial charge >= 0.3 is 6.01 Å². The molecule has 0 fully saturated rings. The number of methoxy groups -OCH3 is 2. The number of nitrogens with zero attached hydrogens (tertiary/aromatic N) is 3. The van der Waals surface area contributed by atoms with Crippen LogP contribution < -0.4 is 14.8 Å². The second-order valence-corrected chi connectivity index (χ2v) is 7.53. The summed E-state index contributed by atoms with van der Waals surface area (Å²) in [6.45, 7) is 2.53. The Labute approximate surface area is 168 Å². The number of allylic oxidation sites excluding steroid dienone is 2. The largest absolute Gasteiger partial charge is 0.497 e. The van der Waals surface area contributed by atoms with Crippen LogP contribution in [0.3, 0.4) is 0 Å². The fraction of sp³-hybridized carbons (Fsp3) is 0.350. The van der Waals surface area contributed by atoms with Gasteiger partial charge in [-0.2, -0.15) is 9.97 Å². The molecule has 1 aromatic heterocycles. The Morgan fingerprint density at radius 1 is 1.25 bits per heavy atom. The van der Waals surface area contributed by atoms with Gasteiger partial charge in [0.15, 0.2) is 0 Å². The maximum atomic E-state index is 8.97. The normalized spacial score (nSPS) is 16.6. The standard InChI is InChI=1S/C20H24N4O3S/c1-13(24-25)17-8-9-18(28-17)16-12-19(23-20(22-16)27-3)21-11-10-14-4-6-15(26-2)7-5-14/h4-8,12,18,25H,9-11H2,1-3H3,(H,21,22,23)/b24-13-. The zero-order valence-electron chi connectivity index (χ0n) is 16.2. The van der Waals surface area contributed by atoms with Gasteiger partial charge in [-0.1, -0.05) is 23.4 Å². The molecule has 0 aliphatic carbocycles. The number of aromatic nitrogens is 2. The molecule has 0 saturated heterocycles. The van der Waals surface area contributed by atoms with Gasteiger partial charge < -0.3 is 20.0 Å². The summed E-state index contributed by atoms with van der Waals surface area (Å²) < 4.78 is 10.5. The molecule has 1 aliphatic heterocycles. The molecule has 0 bridgehead atoms. The Morgan fingerprint density at radius 3 is 2.71 bits per heavy atom. The van der Waals surface area contributed by atoms with E-state index < -0.39 is 0 Å². The molecule has 8 heteroatoms. The lowest BCUT2D eigenvalue weighted by atomic mass is 10.1. The van der Waals surface area contributed by atoms with Crippen molar-refractivity contribution < 1.29 is 14.7 Å². The van der Waals surface area contributed by atoms with Crippen LogP contribution in [0, 0.1) is 0 Å². The van der Waals surface area contributed by atoms with Crippen LogP contribution in [0.4, 0.5) is 5.82 Å². The fourth-order valence-electron chi connectivity index (χ4n) is 2.84. The summed E-state index contributed by atoms with van der Waals surface area (Å²) in [6.07, 6.45) is 3.75. The van der Waals surface area contributed by atoms with Crippen molar-refractivity contribution in [2.24, 2.45) is 5.16 Å². The molecule has 0 saturated carbocycles. The Bertz CT molecular complexity index is 868. The molecule has 148 valence electrons. The van der Waals surface area contributed by atoms with E-state index in [1.54, 1.807) is 32.9 Å². The molecule has 7 nitrogen and oxygen atoms in total. The Morgan fingerprint density at radius 2 is 2.04 bits per heavy atom. The molecule has 0 amide bonds. The minimum Gasteiger partial charge on any atom is -0.497 e. The van der Waals surface area contributed by atoms with Crippen LogP contribution in [0.2, 0.25) is 0 Å². The molecule has 1 aromatic carbocycles. The summed E-state index contributed by atoms with van der Waals surface area (Å²) >= 11 is 1.63. The van der Waals surface area contributed by atoms with E-state index in [-0.39, 0.29) is 5.25 Å². The summed E-state index contributed by atoms with van der Waals surface area (Å²) in [6, 6.07) is 10.3. The molecule has 2 N–H and O–H groups in total. The number of hydrogen-bond acceptors (Lipinski definition) is 8. The first kappa shape index (κ1) is 20.0. The van der Waals surface area contributed by atoms with E-state index in [9.17, 15) is 0 Å². The summed E-state index contributed by atoms with van der Waals surface area (Å²) in [4.78, 5) is 9.86. The highest BCUT2D eigenvalue weighted by Crippen LogP contribution is 2.44. The number of ether oxygens (including phenoxy) is 2. The third kappa shape index (κ3) is 4.95. The van der Waals surface area contributed by atoms with E-state index in [1.807, 2.05) is 18.2 Å². The predicted octanol–water partition coefficient (Wildman–Crippen LogP) is 4.06. The van der Waals surface area contributed by atoms with Crippen LogP contribution in [-0.2, 0) is 6.42 Å². The van der Waals surface area contributed by atoms with E-state index in [2.05, 4.69) is 38.6 Å². The number of thioether (sulfide) groups is 1. The second-order valence-electron chi connectivity index (χ2n) is 6.29. The first-order valence-electron chi connectivity index (χ1n) is 8.98.